The molecule has 0 amide bonds. The molecule has 1 atom stereocenters. The van der Waals surface area contributed by atoms with E-state index >= 15 is 0 Å². The third-order valence-electron chi connectivity index (χ3n) is 2.46. The minimum atomic E-state index is -0.110. The van der Waals surface area contributed by atoms with Gasteiger partial charge in [-0.3, -0.25) is 0 Å². The van der Waals surface area contributed by atoms with E-state index in [1.165, 1.54) is 0 Å². The second-order valence-corrected chi connectivity index (χ2v) is 3.59. The van der Waals surface area contributed by atoms with Crippen LogP contribution in [-0.4, -0.2) is 12.8 Å². The van der Waals surface area contributed by atoms with Crippen LogP contribution in [-0.2, 0) is 4.84 Å². The highest BCUT2D eigenvalue weighted by molar-refractivity contribution is 5.83. The average molecular weight is 206 g/mol. The highest BCUT2D eigenvalue weighted by Gasteiger charge is 2.25. The molecule has 0 radical (unpaired) electrons. The molecular weight excluding hydrogens is 192 g/mol. The van der Waals surface area contributed by atoms with E-state index in [1.54, 1.807) is 7.11 Å². The van der Waals surface area contributed by atoms with Crippen molar-refractivity contribution >= 4 is 11.4 Å². The summed E-state index contributed by atoms with van der Waals surface area (Å²) in [5.74, 6) is 0.755. The molecule has 4 nitrogen and oxygen atoms in total. The van der Waals surface area contributed by atoms with Crippen LogP contribution in [0.2, 0.25) is 0 Å². The summed E-state index contributed by atoms with van der Waals surface area (Å²) < 4.78 is 5.26. The van der Waals surface area contributed by atoms with Crippen molar-refractivity contribution in [1.29, 1.82) is 0 Å². The van der Waals surface area contributed by atoms with Gasteiger partial charge in [0.1, 0.15) is 5.75 Å². The standard InChI is InChI=1S/C11H14N2O2/c1-7-6-10(15-13-7)11-8(12)4-3-5-9(11)14-2/h3-5,10H,6,12H2,1-2H3/t10-/m1/s1. The van der Waals surface area contributed by atoms with E-state index in [0.29, 0.717) is 5.69 Å². The second-order valence-electron chi connectivity index (χ2n) is 3.59. The number of anilines is 1. The number of nitrogen functional groups attached to an aromatic ring is 1. The van der Waals surface area contributed by atoms with Crippen molar-refractivity contribution in [2.75, 3.05) is 12.8 Å². The first kappa shape index (κ1) is 9.83. The van der Waals surface area contributed by atoms with Gasteiger partial charge < -0.3 is 15.3 Å². The second kappa shape index (κ2) is 3.81. The fourth-order valence-electron chi connectivity index (χ4n) is 1.73. The first-order valence-corrected chi connectivity index (χ1v) is 4.84. The maximum atomic E-state index is 5.91. The van der Waals surface area contributed by atoms with E-state index in [1.807, 2.05) is 25.1 Å². The van der Waals surface area contributed by atoms with Crippen LogP contribution in [0.3, 0.4) is 0 Å². The summed E-state index contributed by atoms with van der Waals surface area (Å²) in [6, 6.07) is 5.58. The lowest BCUT2D eigenvalue weighted by Crippen LogP contribution is -2.05. The monoisotopic (exact) mass is 206 g/mol. The Morgan fingerprint density at radius 3 is 2.93 bits per heavy atom. The number of methoxy groups -OCH3 is 1. The maximum Gasteiger partial charge on any atom is 0.163 e. The van der Waals surface area contributed by atoms with Gasteiger partial charge >= 0.3 is 0 Å². The zero-order valence-electron chi connectivity index (χ0n) is 8.86. The summed E-state index contributed by atoms with van der Waals surface area (Å²) in [5, 5.41) is 3.92. The summed E-state index contributed by atoms with van der Waals surface area (Å²) in [7, 11) is 1.63. The number of nitrogens with zero attached hydrogens (tertiary/aromatic N) is 1. The van der Waals surface area contributed by atoms with Gasteiger partial charge in [0.25, 0.3) is 0 Å². The molecule has 1 aliphatic rings. The summed E-state index contributed by atoms with van der Waals surface area (Å²) in [4.78, 5) is 5.30. The Morgan fingerprint density at radius 1 is 1.53 bits per heavy atom. The molecule has 0 aliphatic carbocycles. The molecule has 0 saturated heterocycles. The molecule has 0 unspecified atom stereocenters. The van der Waals surface area contributed by atoms with Crippen LogP contribution in [0.1, 0.15) is 25.0 Å². The fourth-order valence-corrected chi connectivity index (χ4v) is 1.73. The lowest BCUT2D eigenvalue weighted by atomic mass is 10.0. The van der Waals surface area contributed by atoms with Crippen molar-refractivity contribution in [3.63, 3.8) is 0 Å². The number of ether oxygens (including phenoxy) is 1. The first-order valence-electron chi connectivity index (χ1n) is 4.84. The Balaban J connectivity index is 2.35. The largest absolute Gasteiger partial charge is 0.496 e. The van der Waals surface area contributed by atoms with Gasteiger partial charge in [-0.2, -0.15) is 0 Å². The van der Waals surface area contributed by atoms with Crippen LogP contribution in [0.5, 0.6) is 5.75 Å². The lowest BCUT2D eigenvalue weighted by Gasteiger charge is -2.15. The molecule has 0 aromatic heterocycles. The highest BCUT2D eigenvalue weighted by atomic mass is 16.6. The molecule has 15 heavy (non-hydrogen) atoms. The zero-order chi connectivity index (χ0) is 10.8. The first-order chi connectivity index (χ1) is 7.22. The molecule has 1 heterocycles. The molecule has 0 fully saturated rings. The summed E-state index contributed by atoms with van der Waals surface area (Å²) in [6.45, 7) is 1.94. The van der Waals surface area contributed by atoms with Crippen LogP contribution in [0, 0.1) is 0 Å². The van der Waals surface area contributed by atoms with Crippen LogP contribution in [0.25, 0.3) is 0 Å². The lowest BCUT2D eigenvalue weighted by molar-refractivity contribution is 0.0842. The Labute approximate surface area is 88.7 Å². The number of benzene rings is 1. The summed E-state index contributed by atoms with van der Waals surface area (Å²) >= 11 is 0. The van der Waals surface area contributed by atoms with Gasteiger partial charge in [0, 0.05) is 12.1 Å². The number of nitrogens with two attached hydrogens (primary N) is 1. The van der Waals surface area contributed by atoms with Gasteiger partial charge in [-0.05, 0) is 19.1 Å². The smallest absolute Gasteiger partial charge is 0.163 e. The van der Waals surface area contributed by atoms with Crippen LogP contribution < -0.4 is 10.5 Å². The molecule has 1 aliphatic heterocycles. The van der Waals surface area contributed by atoms with Gasteiger partial charge in [0.2, 0.25) is 0 Å². The van der Waals surface area contributed by atoms with Crippen molar-refractivity contribution in [1.82, 2.24) is 0 Å². The quantitative estimate of drug-likeness (QED) is 0.754. The van der Waals surface area contributed by atoms with E-state index in [2.05, 4.69) is 5.16 Å². The number of hydrogen-bond acceptors (Lipinski definition) is 4. The normalized spacial score (nSPS) is 19.6. The summed E-state index contributed by atoms with van der Waals surface area (Å²) in [6.07, 6.45) is 0.658. The average Bonchev–Trinajstić information content (AvgIpc) is 2.64. The molecule has 1 aromatic rings. The number of hydrogen-bond donors (Lipinski definition) is 1. The molecule has 1 aromatic carbocycles. The highest BCUT2D eigenvalue weighted by Crippen LogP contribution is 2.37. The van der Waals surface area contributed by atoms with E-state index < -0.39 is 0 Å². The fraction of sp³-hybridized carbons (Fsp3) is 0.364. The SMILES string of the molecule is COc1cccc(N)c1[C@H]1CC(C)=NO1. The van der Waals surface area contributed by atoms with Crippen molar-refractivity contribution in [3.8, 4) is 5.75 Å². The minimum Gasteiger partial charge on any atom is -0.496 e. The topological polar surface area (TPSA) is 56.8 Å². The van der Waals surface area contributed by atoms with E-state index in [-0.39, 0.29) is 6.10 Å². The Hall–Kier alpha value is -1.71. The Morgan fingerprint density at radius 2 is 2.33 bits per heavy atom. The van der Waals surface area contributed by atoms with Gasteiger partial charge in [0.15, 0.2) is 6.10 Å². The number of oxime groups is 1. The predicted octanol–water partition coefficient (Wildman–Crippen LogP) is 2.11. The number of rotatable bonds is 2. The van der Waals surface area contributed by atoms with Crippen molar-refractivity contribution < 1.29 is 9.57 Å². The minimum absolute atomic E-state index is 0.110. The van der Waals surface area contributed by atoms with Crippen LogP contribution >= 0.6 is 0 Å². The summed E-state index contributed by atoms with van der Waals surface area (Å²) in [5.41, 5.74) is 8.46. The Kier molecular flexibility index (Phi) is 2.49. The van der Waals surface area contributed by atoms with Gasteiger partial charge in [-0.1, -0.05) is 11.2 Å². The van der Waals surface area contributed by atoms with E-state index in [9.17, 15) is 0 Å². The Bertz CT molecular complexity index is 402. The van der Waals surface area contributed by atoms with Crippen LogP contribution in [0.15, 0.2) is 23.4 Å². The molecule has 2 N–H and O–H groups in total. The van der Waals surface area contributed by atoms with Gasteiger partial charge in [0.05, 0.1) is 18.4 Å². The van der Waals surface area contributed by atoms with Crippen molar-refractivity contribution in [2.45, 2.75) is 19.4 Å². The molecular formula is C11H14N2O2. The molecule has 0 spiro atoms. The third-order valence-corrected chi connectivity index (χ3v) is 2.46. The van der Waals surface area contributed by atoms with Gasteiger partial charge in [-0.15, -0.1) is 0 Å². The van der Waals surface area contributed by atoms with Crippen molar-refractivity contribution in [2.24, 2.45) is 5.16 Å². The van der Waals surface area contributed by atoms with Crippen LogP contribution in [0.4, 0.5) is 5.69 Å². The molecule has 0 saturated carbocycles. The maximum absolute atomic E-state index is 5.91. The predicted molar refractivity (Wildman–Crippen MR) is 59.0 cm³/mol. The van der Waals surface area contributed by atoms with Gasteiger partial charge in [-0.25, -0.2) is 0 Å². The molecule has 2 rings (SSSR count). The molecule has 4 heteroatoms. The van der Waals surface area contributed by atoms with E-state index in [4.69, 9.17) is 15.3 Å². The van der Waals surface area contributed by atoms with E-state index in [0.717, 1.165) is 23.4 Å². The van der Waals surface area contributed by atoms with Crippen molar-refractivity contribution in [3.05, 3.63) is 23.8 Å². The molecule has 80 valence electrons. The third kappa shape index (κ3) is 1.75. The zero-order valence-corrected chi connectivity index (χ0v) is 8.86. The molecule has 0 bridgehead atoms.